The molecule has 0 spiro atoms. The van der Waals surface area contributed by atoms with E-state index in [1.165, 1.54) is 26.9 Å². The molecule has 43 heavy (non-hydrogen) atoms. The molecule has 3 aromatic carbocycles. The van der Waals surface area contributed by atoms with Gasteiger partial charge in [0.25, 0.3) is 5.56 Å². The van der Waals surface area contributed by atoms with Crippen LogP contribution in [0.15, 0.2) is 90.0 Å². The Bertz CT molecular complexity index is 1840. The summed E-state index contributed by atoms with van der Waals surface area (Å²) >= 11 is 6.25. The van der Waals surface area contributed by atoms with Crippen molar-refractivity contribution in [3.8, 4) is 16.9 Å². The van der Waals surface area contributed by atoms with Gasteiger partial charge in [-0.2, -0.15) is 4.68 Å². The van der Waals surface area contributed by atoms with Crippen LogP contribution < -0.4 is 15.8 Å². The highest BCUT2D eigenvalue weighted by molar-refractivity contribution is 6.41. The van der Waals surface area contributed by atoms with Crippen molar-refractivity contribution >= 4 is 40.7 Å². The molecule has 0 saturated carbocycles. The minimum absolute atomic E-state index is 0.0941. The van der Waals surface area contributed by atoms with Gasteiger partial charge in [-0.25, -0.2) is 0 Å². The van der Waals surface area contributed by atoms with E-state index in [-0.39, 0.29) is 25.1 Å². The number of aromatic amines is 2. The van der Waals surface area contributed by atoms with Crippen molar-refractivity contribution in [3.05, 3.63) is 106 Å². The van der Waals surface area contributed by atoms with Gasteiger partial charge in [-0.15, -0.1) is 5.10 Å². The Labute approximate surface area is 249 Å². The molecular weight excluding hydrogens is 574 g/mol. The largest absolute Gasteiger partial charge is 0.324 e. The number of tetrazole rings is 1. The van der Waals surface area contributed by atoms with Gasteiger partial charge in [-0.05, 0) is 51.9 Å². The van der Waals surface area contributed by atoms with Crippen LogP contribution in [-0.2, 0) is 20.8 Å². The number of halogens is 1. The van der Waals surface area contributed by atoms with Crippen LogP contribution in [0.2, 0.25) is 5.02 Å². The highest BCUT2D eigenvalue weighted by Gasteiger charge is 2.40. The van der Waals surface area contributed by atoms with Gasteiger partial charge in [0.1, 0.15) is 12.4 Å². The van der Waals surface area contributed by atoms with E-state index >= 15 is 0 Å². The first kappa shape index (κ1) is 27.6. The maximum atomic E-state index is 13.7. The molecule has 0 radical (unpaired) electrons. The van der Waals surface area contributed by atoms with Gasteiger partial charge in [0.2, 0.25) is 5.91 Å². The van der Waals surface area contributed by atoms with Crippen molar-refractivity contribution in [2.45, 2.75) is 12.5 Å². The Morgan fingerprint density at radius 3 is 2.40 bits per heavy atom. The van der Waals surface area contributed by atoms with Crippen molar-refractivity contribution in [2.24, 2.45) is 0 Å². The van der Waals surface area contributed by atoms with Gasteiger partial charge in [-0.1, -0.05) is 54.1 Å². The number of amides is 3. The SMILES string of the molecule is O=C(Nc1ccc(-c2cc(=O)[nH][nH]2)cc1)C(Cc1ccccc1)N1CCN(c2cc(Cl)ccc2-n2cnnn2)C(=O)C1=O. The number of nitrogens with zero attached hydrogens (tertiary/aromatic N) is 6. The van der Waals surface area contributed by atoms with Crippen LogP contribution in [0.5, 0.6) is 0 Å². The first-order valence-electron chi connectivity index (χ1n) is 13.3. The van der Waals surface area contributed by atoms with Crippen molar-refractivity contribution in [1.29, 1.82) is 0 Å². The quantitative estimate of drug-likeness (QED) is 0.231. The summed E-state index contributed by atoms with van der Waals surface area (Å²) in [6.45, 7) is 0.207. The van der Waals surface area contributed by atoms with Crippen LogP contribution in [-0.4, -0.2) is 72.2 Å². The number of carbonyl (C=O) groups is 3. The Morgan fingerprint density at radius 2 is 1.70 bits per heavy atom. The number of hydrogen-bond acceptors (Lipinski definition) is 7. The lowest BCUT2D eigenvalue weighted by molar-refractivity contribution is -0.149. The zero-order chi connectivity index (χ0) is 29.9. The third-order valence-corrected chi connectivity index (χ3v) is 7.32. The summed E-state index contributed by atoms with van der Waals surface area (Å²) in [6, 6.07) is 21.5. The highest BCUT2D eigenvalue weighted by atomic mass is 35.5. The number of hydrogen-bond donors (Lipinski definition) is 3. The average Bonchev–Trinajstić information content (AvgIpc) is 3.71. The molecule has 0 bridgehead atoms. The number of piperazine rings is 1. The molecule has 0 aliphatic carbocycles. The fraction of sp³-hybridized carbons (Fsp3) is 0.138. The first-order chi connectivity index (χ1) is 20.9. The minimum atomic E-state index is -0.972. The summed E-state index contributed by atoms with van der Waals surface area (Å²) in [5.74, 6) is -2.08. The van der Waals surface area contributed by atoms with Crippen LogP contribution in [0.4, 0.5) is 11.4 Å². The number of rotatable bonds is 8. The number of H-pyrrole nitrogens is 2. The highest BCUT2D eigenvalue weighted by Crippen LogP contribution is 2.30. The van der Waals surface area contributed by atoms with Crippen molar-refractivity contribution in [2.75, 3.05) is 23.3 Å². The maximum absolute atomic E-state index is 13.7. The molecule has 1 fully saturated rings. The van der Waals surface area contributed by atoms with Crippen molar-refractivity contribution in [3.63, 3.8) is 0 Å². The molecule has 14 heteroatoms. The lowest BCUT2D eigenvalue weighted by Gasteiger charge is -2.38. The van der Waals surface area contributed by atoms with E-state index in [0.29, 0.717) is 27.8 Å². The molecule has 1 saturated heterocycles. The molecule has 1 atom stereocenters. The Morgan fingerprint density at radius 1 is 0.907 bits per heavy atom. The van der Waals surface area contributed by atoms with E-state index in [4.69, 9.17) is 11.6 Å². The van der Waals surface area contributed by atoms with Gasteiger partial charge >= 0.3 is 11.8 Å². The predicted octanol–water partition coefficient (Wildman–Crippen LogP) is 2.42. The summed E-state index contributed by atoms with van der Waals surface area (Å²) < 4.78 is 1.38. The number of anilines is 2. The zero-order valence-corrected chi connectivity index (χ0v) is 23.2. The van der Waals surface area contributed by atoms with E-state index in [0.717, 1.165) is 11.1 Å². The molecule has 1 aliphatic heterocycles. The summed E-state index contributed by atoms with van der Waals surface area (Å²) in [5, 5.41) is 19.7. The Hall–Kier alpha value is -5.56. The Kier molecular flexibility index (Phi) is 7.54. The van der Waals surface area contributed by atoms with Gasteiger partial charge in [-0.3, -0.25) is 29.4 Å². The van der Waals surface area contributed by atoms with Crippen molar-refractivity contribution in [1.82, 2.24) is 35.3 Å². The number of carbonyl (C=O) groups excluding carboxylic acids is 3. The topological polar surface area (TPSA) is 162 Å². The molecule has 2 aromatic heterocycles. The van der Waals surface area contributed by atoms with Gasteiger partial charge in [0.05, 0.1) is 17.1 Å². The molecule has 1 unspecified atom stereocenters. The molecule has 3 heterocycles. The van der Waals surface area contributed by atoms with Gasteiger partial charge in [0, 0.05) is 36.3 Å². The average molecular weight is 598 g/mol. The zero-order valence-electron chi connectivity index (χ0n) is 22.5. The first-order valence-corrected chi connectivity index (χ1v) is 13.6. The van der Waals surface area contributed by atoms with Crippen LogP contribution >= 0.6 is 11.6 Å². The smallest absolute Gasteiger partial charge is 0.316 e. The van der Waals surface area contributed by atoms with Crippen LogP contribution in [0.1, 0.15) is 5.56 Å². The molecular formula is C29H24ClN9O4. The standard InChI is InChI=1S/C29H24ClN9O4/c30-20-8-11-23(39-17-31-35-36-39)24(15-20)37-12-13-38(29(43)28(37)42)25(14-18-4-2-1-3-5-18)27(41)32-21-9-6-19(7-10-21)22-16-26(40)34-33-22/h1-11,15-17,25H,12-14H2,(H,32,41)(H2,33,34,40). The third kappa shape index (κ3) is 5.78. The van der Waals surface area contributed by atoms with E-state index in [1.807, 2.05) is 30.3 Å². The van der Waals surface area contributed by atoms with E-state index in [9.17, 15) is 19.2 Å². The Balaban J connectivity index is 1.25. The predicted molar refractivity (Wildman–Crippen MR) is 158 cm³/mol. The van der Waals surface area contributed by atoms with E-state index < -0.39 is 23.8 Å². The fourth-order valence-corrected chi connectivity index (χ4v) is 5.15. The van der Waals surface area contributed by atoms with E-state index in [1.54, 1.807) is 42.5 Å². The van der Waals surface area contributed by atoms with Gasteiger partial charge < -0.3 is 15.1 Å². The molecule has 216 valence electrons. The molecule has 1 aliphatic rings. The fourth-order valence-electron chi connectivity index (χ4n) is 4.98. The second kappa shape index (κ2) is 11.7. The lowest BCUT2D eigenvalue weighted by Crippen LogP contribution is -2.60. The summed E-state index contributed by atoms with van der Waals surface area (Å²) in [5.41, 5.74) is 3.25. The second-order valence-electron chi connectivity index (χ2n) is 9.79. The molecule has 5 aromatic rings. The number of aromatic nitrogens is 6. The van der Waals surface area contributed by atoms with Crippen LogP contribution in [0.3, 0.4) is 0 Å². The monoisotopic (exact) mass is 597 g/mol. The van der Waals surface area contributed by atoms with E-state index in [2.05, 4.69) is 31.0 Å². The van der Waals surface area contributed by atoms with Crippen LogP contribution in [0, 0.1) is 0 Å². The van der Waals surface area contributed by atoms with Crippen LogP contribution in [0.25, 0.3) is 16.9 Å². The number of benzene rings is 3. The third-order valence-electron chi connectivity index (χ3n) is 7.09. The minimum Gasteiger partial charge on any atom is -0.324 e. The molecule has 13 nitrogen and oxygen atoms in total. The van der Waals surface area contributed by atoms with Crippen molar-refractivity contribution < 1.29 is 14.4 Å². The molecule has 3 N–H and O–H groups in total. The summed E-state index contributed by atoms with van der Waals surface area (Å²) in [6.07, 6.45) is 1.57. The van der Waals surface area contributed by atoms with Gasteiger partial charge in [0.15, 0.2) is 0 Å². The lowest BCUT2D eigenvalue weighted by atomic mass is 10.0. The summed E-state index contributed by atoms with van der Waals surface area (Å²) in [4.78, 5) is 55.0. The molecule has 3 amide bonds. The maximum Gasteiger partial charge on any atom is 0.316 e. The normalized spacial score (nSPS) is 14.2. The second-order valence-corrected chi connectivity index (χ2v) is 10.2. The molecule has 6 rings (SSSR count). The summed E-state index contributed by atoms with van der Waals surface area (Å²) in [7, 11) is 0. The number of nitrogens with one attached hydrogen (secondary N) is 3.